The number of anilines is 1. The molecule has 0 saturated heterocycles. The van der Waals surface area contributed by atoms with Gasteiger partial charge in [-0.15, -0.1) is 0 Å². The Labute approximate surface area is 156 Å². The van der Waals surface area contributed by atoms with E-state index >= 15 is 0 Å². The molecule has 0 atom stereocenters. The van der Waals surface area contributed by atoms with Gasteiger partial charge < -0.3 is 5.32 Å². The van der Waals surface area contributed by atoms with E-state index in [1.54, 1.807) is 0 Å². The van der Waals surface area contributed by atoms with E-state index in [9.17, 15) is 4.79 Å². The third-order valence-electron chi connectivity index (χ3n) is 4.18. The van der Waals surface area contributed by atoms with Gasteiger partial charge in [0.15, 0.2) is 0 Å². The predicted octanol–water partition coefficient (Wildman–Crippen LogP) is 4.01. The highest BCUT2D eigenvalue weighted by atomic mass is 16.2. The largest absolute Gasteiger partial charge is 0.345 e. The molecule has 1 amide bonds. The minimum Gasteiger partial charge on any atom is -0.345 e. The zero-order chi connectivity index (χ0) is 19.4. The summed E-state index contributed by atoms with van der Waals surface area (Å²) in [5.41, 5.74) is 3.53. The smallest absolute Gasteiger partial charge is 0.268 e. The van der Waals surface area contributed by atoms with Crippen LogP contribution < -0.4 is 16.6 Å². The van der Waals surface area contributed by atoms with E-state index < -0.39 is 5.91 Å². The maximum absolute atomic E-state index is 11.4. The number of rotatable bonds is 4. The molecular weight excluding hydrogens is 326 g/mol. The number of nitrogens with two attached hydrogens (primary N) is 1. The SMILES string of the molecule is CC.CC.NNC(=O)c1cnc(NC2(c3ccccc3)CCCC2)nc1. The molecule has 142 valence electrons. The van der Waals surface area contributed by atoms with E-state index in [0.29, 0.717) is 11.5 Å². The quantitative estimate of drug-likeness (QED) is 0.437. The van der Waals surface area contributed by atoms with Gasteiger partial charge in [-0.25, -0.2) is 15.8 Å². The van der Waals surface area contributed by atoms with Gasteiger partial charge >= 0.3 is 0 Å². The van der Waals surface area contributed by atoms with Gasteiger partial charge in [0.25, 0.3) is 5.91 Å². The van der Waals surface area contributed by atoms with E-state index in [0.717, 1.165) is 12.8 Å². The Morgan fingerprint density at radius 2 is 1.54 bits per heavy atom. The van der Waals surface area contributed by atoms with Crippen LogP contribution in [0.25, 0.3) is 0 Å². The molecule has 1 aliphatic carbocycles. The third kappa shape index (κ3) is 5.26. The second kappa shape index (κ2) is 11.2. The molecule has 6 nitrogen and oxygen atoms in total. The second-order valence-electron chi connectivity index (χ2n) is 5.55. The summed E-state index contributed by atoms with van der Waals surface area (Å²) in [6.45, 7) is 8.00. The maximum Gasteiger partial charge on any atom is 0.268 e. The van der Waals surface area contributed by atoms with Gasteiger partial charge in [-0.2, -0.15) is 0 Å². The predicted molar refractivity (Wildman–Crippen MR) is 107 cm³/mol. The topological polar surface area (TPSA) is 92.9 Å². The normalized spacial score (nSPS) is 14.2. The Kier molecular flexibility index (Phi) is 9.30. The van der Waals surface area contributed by atoms with Gasteiger partial charge in [0, 0.05) is 12.4 Å². The number of hydrogen-bond acceptors (Lipinski definition) is 5. The molecule has 1 aromatic heterocycles. The molecule has 1 aliphatic rings. The number of aromatic nitrogens is 2. The zero-order valence-corrected chi connectivity index (χ0v) is 16.2. The molecule has 6 heteroatoms. The Morgan fingerprint density at radius 1 is 1.00 bits per heavy atom. The van der Waals surface area contributed by atoms with Crippen molar-refractivity contribution in [2.45, 2.75) is 58.9 Å². The lowest BCUT2D eigenvalue weighted by atomic mass is 9.88. The minimum atomic E-state index is -0.398. The highest BCUT2D eigenvalue weighted by molar-refractivity contribution is 5.93. The monoisotopic (exact) mass is 357 g/mol. The van der Waals surface area contributed by atoms with Gasteiger partial charge in [-0.3, -0.25) is 10.2 Å². The first-order valence-electron chi connectivity index (χ1n) is 9.40. The van der Waals surface area contributed by atoms with Crippen molar-refractivity contribution in [2.24, 2.45) is 5.84 Å². The first kappa shape index (κ1) is 21.6. The Morgan fingerprint density at radius 3 is 2.04 bits per heavy atom. The number of hydrogen-bond donors (Lipinski definition) is 3. The van der Waals surface area contributed by atoms with Crippen LogP contribution in [0.5, 0.6) is 0 Å². The number of nitrogens with zero attached hydrogens (tertiary/aromatic N) is 2. The van der Waals surface area contributed by atoms with Crippen LogP contribution in [0.1, 0.15) is 69.3 Å². The van der Waals surface area contributed by atoms with E-state index in [-0.39, 0.29) is 5.54 Å². The van der Waals surface area contributed by atoms with Gasteiger partial charge in [-0.05, 0) is 18.4 Å². The fourth-order valence-electron chi connectivity index (χ4n) is 3.03. The molecule has 2 aromatic rings. The number of nitrogen functional groups attached to an aromatic ring is 1. The summed E-state index contributed by atoms with van der Waals surface area (Å²) >= 11 is 0. The van der Waals surface area contributed by atoms with Crippen molar-refractivity contribution in [3.05, 3.63) is 53.9 Å². The molecule has 0 spiro atoms. The average Bonchev–Trinajstić information content (AvgIpc) is 3.21. The van der Waals surface area contributed by atoms with Crippen molar-refractivity contribution in [2.75, 3.05) is 5.32 Å². The number of carbonyl (C=O) groups is 1. The van der Waals surface area contributed by atoms with Crippen molar-refractivity contribution in [3.8, 4) is 0 Å². The molecule has 0 unspecified atom stereocenters. The highest BCUT2D eigenvalue weighted by Gasteiger charge is 2.36. The van der Waals surface area contributed by atoms with Gasteiger partial charge in [0.2, 0.25) is 5.95 Å². The molecule has 0 radical (unpaired) electrons. The molecule has 1 heterocycles. The van der Waals surface area contributed by atoms with Crippen LogP contribution in [0.3, 0.4) is 0 Å². The van der Waals surface area contributed by atoms with Crippen molar-refractivity contribution in [1.82, 2.24) is 15.4 Å². The maximum atomic E-state index is 11.4. The zero-order valence-electron chi connectivity index (χ0n) is 16.2. The number of amides is 1. The average molecular weight is 358 g/mol. The fourth-order valence-corrected chi connectivity index (χ4v) is 3.03. The van der Waals surface area contributed by atoms with Crippen molar-refractivity contribution >= 4 is 11.9 Å². The first-order valence-corrected chi connectivity index (χ1v) is 9.40. The molecule has 1 aromatic carbocycles. The lowest BCUT2D eigenvalue weighted by molar-refractivity contribution is 0.0953. The Balaban J connectivity index is 0.000000791. The van der Waals surface area contributed by atoms with Crippen molar-refractivity contribution < 1.29 is 4.79 Å². The third-order valence-corrected chi connectivity index (χ3v) is 4.18. The van der Waals surface area contributed by atoms with Crippen molar-refractivity contribution in [1.29, 1.82) is 0 Å². The van der Waals surface area contributed by atoms with Crippen LogP contribution in [0.15, 0.2) is 42.7 Å². The van der Waals surface area contributed by atoms with Crippen LogP contribution >= 0.6 is 0 Å². The van der Waals surface area contributed by atoms with E-state index in [1.165, 1.54) is 30.8 Å². The number of hydrazine groups is 1. The van der Waals surface area contributed by atoms with Crippen LogP contribution in [-0.4, -0.2) is 15.9 Å². The first-order chi connectivity index (χ1) is 12.7. The van der Waals surface area contributed by atoms with E-state index in [2.05, 4.69) is 32.8 Å². The van der Waals surface area contributed by atoms with E-state index in [4.69, 9.17) is 5.84 Å². The summed E-state index contributed by atoms with van der Waals surface area (Å²) < 4.78 is 0. The summed E-state index contributed by atoms with van der Waals surface area (Å²) in [4.78, 5) is 19.9. The Hall–Kier alpha value is -2.47. The van der Waals surface area contributed by atoms with Gasteiger partial charge in [0.05, 0.1) is 11.1 Å². The van der Waals surface area contributed by atoms with Gasteiger partial charge in [0.1, 0.15) is 0 Å². The lowest BCUT2D eigenvalue weighted by Crippen LogP contribution is -2.33. The number of carbonyl (C=O) groups excluding carboxylic acids is 1. The lowest BCUT2D eigenvalue weighted by Gasteiger charge is -2.31. The summed E-state index contributed by atoms with van der Waals surface area (Å²) in [6.07, 6.45) is 7.40. The molecule has 1 saturated carbocycles. The van der Waals surface area contributed by atoms with Crippen LogP contribution in [0, 0.1) is 0 Å². The second-order valence-corrected chi connectivity index (χ2v) is 5.55. The fraction of sp³-hybridized carbons (Fsp3) is 0.450. The number of nitrogens with one attached hydrogen (secondary N) is 2. The molecule has 0 aliphatic heterocycles. The minimum absolute atomic E-state index is 0.126. The van der Waals surface area contributed by atoms with Crippen molar-refractivity contribution in [3.63, 3.8) is 0 Å². The van der Waals surface area contributed by atoms with Crippen LogP contribution in [0.4, 0.5) is 5.95 Å². The summed E-state index contributed by atoms with van der Waals surface area (Å²) in [6, 6.07) is 10.4. The molecule has 0 bridgehead atoms. The highest BCUT2D eigenvalue weighted by Crippen LogP contribution is 2.40. The molecule has 1 fully saturated rings. The van der Waals surface area contributed by atoms with Crippen LogP contribution in [0.2, 0.25) is 0 Å². The van der Waals surface area contributed by atoms with Gasteiger partial charge in [-0.1, -0.05) is 70.9 Å². The molecule has 3 rings (SSSR count). The molecule has 26 heavy (non-hydrogen) atoms. The Bertz CT molecular complexity index is 637. The molecule has 4 N–H and O–H groups in total. The standard InChI is InChI=1S/C16H19N5O.2C2H6/c17-21-14(22)12-10-18-15(19-11-12)20-16(8-4-5-9-16)13-6-2-1-3-7-13;2*1-2/h1-3,6-7,10-11H,4-5,8-9,17H2,(H,21,22)(H,18,19,20);2*1-2H3. The summed E-state index contributed by atoms with van der Waals surface area (Å²) in [5, 5.41) is 3.47. The molecular formula is C20H31N5O. The summed E-state index contributed by atoms with van der Waals surface area (Å²) in [7, 11) is 0. The summed E-state index contributed by atoms with van der Waals surface area (Å²) in [5.74, 6) is 5.23. The number of benzene rings is 1. The van der Waals surface area contributed by atoms with E-state index in [1.807, 2.05) is 45.9 Å². The van der Waals surface area contributed by atoms with Crippen LogP contribution in [-0.2, 0) is 5.54 Å².